The van der Waals surface area contributed by atoms with E-state index in [2.05, 4.69) is 15.0 Å². The molecule has 3 aromatic rings. The second kappa shape index (κ2) is 7.18. The summed E-state index contributed by atoms with van der Waals surface area (Å²) in [5.41, 5.74) is 0.779. The zero-order chi connectivity index (χ0) is 17.9. The van der Waals surface area contributed by atoms with Crippen molar-refractivity contribution in [1.29, 1.82) is 0 Å². The van der Waals surface area contributed by atoms with Gasteiger partial charge in [-0.2, -0.15) is 0 Å². The van der Waals surface area contributed by atoms with Gasteiger partial charge in [-0.15, -0.1) is 0 Å². The molecule has 0 spiro atoms. The molecule has 0 radical (unpaired) electrons. The number of benzene rings is 2. The Morgan fingerprint density at radius 1 is 1.16 bits per heavy atom. The number of nitrogens with one attached hydrogen (secondary N) is 2. The van der Waals surface area contributed by atoms with E-state index in [1.807, 2.05) is 24.3 Å². The molecule has 130 valence electrons. The first-order valence-electron chi connectivity index (χ1n) is 7.27. The van der Waals surface area contributed by atoms with Crippen LogP contribution in [0.25, 0.3) is 10.2 Å². The molecule has 0 aliphatic heterocycles. The van der Waals surface area contributed by atoms with Crippen molar-refractivity contribution < 1.29 is 17.9 Å². The van der Waals surface area contributed by atoms with E-state index in [4.69, 9.17) is 4.74 Å². The molecule has 3 rings (SSSR count). The van der Waals surface area contributed by atoms with Gasteiger partial charge in [0, 0.05) is 0 Å². The van der Waals surface area contributed by atoms with E-state index in [-0.39, 0.29) is 11.4 Å². The number of aromatic nitrogens is 1. The number of ether oxygens (including phenoxy) is 1. The Hall–Kier alpha value is -2.49. The molecular weight excluding hydrogens is 362 g/mol. The number of anilines is 1. The molecule has 25 heavy (non-hydrogen) atoms. The Labute approximate surface area is 148 Å². The molecule has 0 bridgehead atoms. The maximum absolute atomic E-state index is 12.2. The number of nitrogens with zero attached hydrogens (tertiary/aromatic N) is 1. The summed E-state index contributed by atoms with van der Waals surface area (Å²) in [4.78, 5) is 16.3. The number of carbonyl (C=O) groups excluding carboxylic acids is 1. The molecule has 1 heterocycles. The van der Waals surface area contributed by atoms with Crippen molar-refractivity contribution in [3.63, 3.8) is 0 Å². The fourth-order valence-electron chi connectivity index (χ4n) is 2.09. The summed E-state index contributed by atoms with van der Waals surface area (Å²) >= 11 is 1.33. The molecule has 0 saturated carbocycles. The van der Waals surface area contributed by atoms with Crippen molar-refractivity contribution in [2.45, 2.75) is 4.90 Å². The predicted octanol–water partition coefficient (Wildman–Crippen LogP) is 2.22. The van der Waals surface area contributed by atoms with Crippen LogP contribution in [0.15, 0.2) is 53.4 Å². The van der Waals surface area contributed by atoms with Gasteiger partial charge in [0.2, 0.25) is 15.9 Å². The lowest BCUT2D eigenvalue weighted by Crippen LogP contribution is -2.32. The first-order chi connectivity index (χ1) is 12.0. The first kappa shape index (κ1) is 17.3. The summed E-state index contributed by atoms with van der Waals surface area (Å²) in [6.07, 6.45) is 0. The van der Waals surface area contributed by atoms with Gasteiger partial charge < -0.3 is 10.1 Å². The highest BCUT2D eigenvalue weighted by molar-refractivity contribution is 7.89. The number of rotatable bonds is 6. The van der Waals surface area contributed by atoms with Gasteiger partial charge in [-0.3, -0.25) is 4.79 Å². The van der Waals surface area contributed by atoms with Gasteiger partial charge in [0.25, 0.3) is 0 Å². The second-order valence-corrected chi connectivity index (χ2v) is 7.83. The Morgan fingerprint density at radius 3 is 2.56 bits per heavy atom. The molecule has 0 aliphatic rings. The summed E-state index contributed by atoms with van der Waals surface area (Å²) < 4.78 is 32.6. The number of hydrogen-bond donors (Lipinski definition) is 2. The topological polar surface area (TPSA) is 97.4 Å². The van der Waals surface area contributed by atoms with Gasteiger partial charge >= 0.3 is 0 Å². The van der Waals surface area contributed by atoms with Crippen molar-refractivity contribution in [3.8, 4) is 5.75 Å². The highest BCUT2D eigenvalue weighted by Gasteiger charge is 2.16. The Balaban J connectivity index is 1.62. The highest BCUT2D eigenvalue weighted by Crippen LogP contribution is 2.25. The molecular formula is C16H15N3O4S2. The summed E-state index contributed by atoms with van der Waals surface area (Å²) in [5, 5.41) is 3.02. The third-order valence-electron chi connectivity index (χ3n) is 3.33. The van der Waals surface area contributed by atoms with Crippen molar-refractivity contribution >= 4 is 42.6 Å². The fourth-order valence-corrected chi connectivity index (χ4v) is 3.95. The largest absolute Gasteiger partial charge is 0.497 e. The number of methoxy groups -OCH3 is 1. The van der Waals surface area contributed by atoms with Crippen molar-refractivity contribution in [2.24, 2.45) is 0 Å². The van der Waals surface area contributed by atoms with Crippen molar-refractivity contribution in [1.82, 2.24) is 9.71 Å². The summed E-state index contributed by atoms with van der Waals surface area (Å²) in [6.45, 7) is -0.385. The van der Waals surface area contributed by atoms with E-state index < -0.39 is 15.9 Å². The third-order valence-corrected chi connectivity index (χ3v) is 5.70. The van der Waals surface area contributed by atoms with E-state index in [1.165, 1.54) is 42.7 Å². The highest BCUT2D eigenvalue weighted by atomic mass is 32.2. The number of thiazole rings is 1. The molecule has 9 heteroatoms. The van der Waals surface area contributed by atoms with Crippen LogP contribution in [0.5, 0.6) is 5.75 Å². The van der Waals surface area contributed by atoms with Gasteiger partial charge in [0.15, 0.2) is 5.13 Å². The predicted molar refractivity (Wildman–Crippen MR) is 96.4 cm³/mol. The monoisotopic (exact) mass is 377 g/mol. The lowest BCUT2D eigenvalue weighted by molar-refractivity contribution is -0.115. The lowest BCUT2D eigenvalue weighted by Gasteiger charge is -2.07. The molecule has 0 unspecified atom stereocenters. The molecule has 2 N–H and O–H groups in total. The minimum Gasteiger partial charge on any atom is -0.497 e. The summed E-state index contributed by atoms with van der Waals surface area (Å²) in [5.74, 6) is 0.0590. The van der Waals surface area contributed by atoms with E-state index in [0.717, 1.165) is 10.2 Å². The number of amides is 1. The molecule has 0 fully saturated rings. The van der Waals surface area contributed by atoms with Gasteiger partial charge in [0.05, 0.1) is 28.8 Å². The second-order valence-electron chi connectivity index (χ2n) is 5.03. The van der Waals surface area contributed by atoms with E-state index in [1.54, 1.807) is 0 Å². The summed E-state index contributed by atoms with van der Waals surface area (Å²) in [7, 11) is -2.29. The number of carbonyl (C=O) groups is 1. The Bertz CT molecular complexity index is 965. The van der Waals surface area contributed by atoms with Crippen LogP contribution in [0.4, 0.5) is 5.13 Å². The minimum absolute atomic E-state index is 0.0566. The first-order valence-corrected chi connectivity index (χ1v) is 9.57. The maximum atomic E-state index is 12.2. The van der Waals surface area contributed by atoms with Crippen LogP contribution in [0, 0.1) is 0 Å². The number of para-hydroxylation sites is 1. The van der Waals surface area contributed by atoms with Crippen molar-refractivity contribution in [3.05, 3.63) is 48.5 Å². The standard InChI is InChI=1S/C16H15N3O4S2/c1-23-11-6-8-12(9-7-11)25(21,22)17-10-15(20)19-16-18-13-4-2-3-5-14(13)24-16/h2-9,17H,10H2,1H3,(H,18,19,20). The van der Waals surface area contributed by atoms with Crippen LogP contribution in [0.3, 0.4) is 0 Å². The molecule has 0 aliphatic carbocycles. The van der Waals surface area contributed by atoms with E-state index >= 15 is 0 Å². The maximum Gasteiger partial charge on any atom is 0.241 e. The number of fused-ring (bicyclic) bond motifs is 1. The average molecular weight is 377 g/mol. The lowest BCUT2D eigenvalue weighted by atomic mass is 10.3. The number of hydrogen-bond acceptors (Lipinski definition) is 6. The molecule has 2 aromatic carbocycles. The van der Waals surface area contributed by atoms with Gasteiger partial charge in [-0.1, -0.05) is 23.5 Å². The molecule has 1 amide bonds. The van der Waals surface area contributed by atoms with Crippen molar-refractivity contribution in [2.75, 3.05) is 19.0 Å². The minimum atomic E-state index is -3.78. The van der Waals surface area contributed by atoms with E-state index in [9.17, 15) is 13.2 Å². The van der Waals surface area contributed by atoms with Gasteiger partial charge in [-0.25, -0.2) is 18.1 Å². The normalized spacial score (nSPS) is 11.4. The average Bonchev–Trinajstić information content (AvgIpc) is 3.02. The Morgan fingerprint density at radius 2 is 1.88 bits per heavy atom. The molecule has 0 atom stereocenters. The smallest absolute Gasteiger partial charge is 0.241 e. The van der Waals surface area contributed by atoms with Crippen LogP contribution in [0.2, 0.25) is 0 Å². The third kappa shape index (κ3) is 4.13. The van der Waals surface area contributed by atoms with Crippen LogP contribution in [-0.4, -0.2) is 33.0 Å². The molecule has 1 aromatic heterocycles. The SMILES string of the molecule is COc1ccc(S(=O)(=O)NCC(=O)Nc2nc3ccccc3s2)cc1. The van der Waals surface area contributed by atoms with Crippen LogP contribution in [0.1, 0.15) is 0 Å². The number of sulfonamides is 1. The summed E-state index contributed by atoms with van der Waals surface area (Å²) in [6, 6.07) is 13.4. The Kier molecular flexibility index (Phi) is 4.98. The van der Waals surface area contributed by atoms with Crippen LogP contribution >= 0.6 is 11.3 Å². The molecule has 7 nitrogen and oxygen atoms in total. The zero-order valence-corrected chi connectivity index (χ0v) is 14.9. The van der Waals surface area contributed by atoms with Crippen LogP contribution in [-0.2, 0) is 14.8 Å². The van der Waals surface area contributed by atoms with Gasteiger partial charge in [-0.05, 0) is 36.4 Å². The quantitative estimate of drug-likeness (QED) is 0.686. The van der Waals surface area contributed by atoms with Gasteiger partial charge in [0.1, 0.15) is 5.75 Å². The van der Waals surface area contributed by atoms with E-state index in [0.29, 0.717) is 10.9 Å². The zero-order valence-electron chi connectivity index (χ0n) is 13.2. The molecule has 0 saturated heterocycles. The fraction of sp³-hybridized carbons (Fsp3) is 0.125. The van der Waals surface area contributed by atoms with Crippen LogP contribution < -0.4 is 14.8 Å².